The van der Waals surface area contributed by atoms with Crippen molar-refractivity contribution in [3.8, 4) is 0 Å². The number of nitrogens with zero attached hydrogens (tertiary/aromatic N) is 3. The Hall–Kier alpha value is -1.85. The molecule has 0 N–H and O–H groups in total. The summed E-state index contributed by atoms with van der Waals surface area (Å²) in [4.78, 5) is 26.8. The first-order chi connectivity index (χ1) is 11.1. The van der Waals surface area contributed by atoms with E-state index in [0.717, 1.165) is 32.2 Å². The first kappa shape index (κ1) is 17.5. The zero-order valence-corrected chi connectivity index (χ0v) is 14.4. The van der Waals surface area contributed by atoms with Gasteiger partial charge in [-0.05, 0) is 39.5 Å². The molecule has 0 saturated carbocycles. The largest absolute Gasteiger partial charge is 0.461 e. The summed E-state index contributed by atoms with van der Waals surface area (Å²) in [5.74, 6) is -0.495. The Bertz CT molecular complexity index is 551. The van der Waals surface area contributed by atoms with Crippen LogP contribution in [0, 0.1) is 0 Å². The minimum atomic E-state index is -0.475. The minimum Gasteiger partial charge on any atom is -0.461 e. The third-order valence-corrected chi connectivity index (χ3v) is 4.29. The number of amides is 1. The van der Waals surface area contributed by atoms with Gasteiger partial charge in [0.25, 0.3) is 5.91 Å². The molecule has 0 aromatic carbocycles. The predicted octanol–water partition coefficient (Wildman–Crippen LogP) is 2.87. The van der Waals surface area contributed by atoms with E-state index < -0.39 is 5.97 Å². The first-order valence-electron chi connectivity index (χ1n) is 8.68. The lowest BCUT2D eigenvalue weighted by molar-refractivity contribution is 0.0517. The number of hydrogen-bond donors (Lipinski definition) is 0. The number of likely N-dealkylation sites (tertiary alicyclic amines) is 1. The van der Waals surface area contributed by atoms with Crippen LogP contribution < -0.4 is 0 Å². The summed E-state index contributed by atoms with van der Waals surface area (Å²) in [5.41, 5.74) is 0.694. The van der Waals surface area contributed by atoms with Gasteiger partial charge in [-0.1, -0.05) is 13.3 Å². The van der Waals surface area contributed by atoms with Gasteiger partial charge in [0, 0.05) is 25.2 Å². The highest BCUT2D eigenvalue weighted by molar-refractivity contribution is 5.96. The molecule has 1 fully saturated rings. The van der Waals surface area contributed by atoms with Crippen molar-refractivity contribution in [3.63, 3.8) is 0 Å². The second-order valence-electron chi connectivity index (χ2n) is 5.89. The molecule has 6 nitrogen and oxygen atoms in total. The van der Waals surface area contributed by atoms with Gasteiger partial charge >= 0.3 is 5.97 Å². The molecule has 2 rings (SSSR count). The van der Waals surface area contributed by atoms with Gasteiger partial charge in [0.1, 0.15) is 5.69 Å². The van der Waals surface area contributed by atoms with Crippen LogP contribution in [-0.2, 0) is 11.3 Å². The number of rotatable bonds is 6. The first-order valence-corrected chi connectivity index (χ1v) is 8.68. The molecule has 0 radical (unpaired) electrons. The summed E-state index contributed by atoms with van der Waals surface area (Å²) in [6.07, 6.45) is 5.36. The number of piperidine rings is 1. The van der Waals surface area contributed by atoms with Crippen molar-refractivity contribution in [1.29, 1.82) is 0 Å². The third kappa shape index (κ3) is 3.92. The number of aryl methyl sites for hydroxylation is 1. The Morgan fingerprint density at radius 3 is 2.74 bits per heavy atom. The molecule has 2 heterocycles. The molecule has 1 aromatic heterocycles. The fourth-order valence-electron chi connectivity index (χ4n) is 3.18. The van der Waals surface area contributed by atoms with Gasteiger partial charge in [-0.25, -0.2) is 4.79 Å². The van der Waals surface area contributed by atoms with E-state index in [9.17, 15) is 9.59 Å². The van der Waals surface area contributed by atoms with Crippen molar-refractivity contribution < 1.29 is 14.3 Å². The van der Waals surface area contributed by atoms with Crippen molar-refractivity contribution in [1.82, 2.24) is 14.7 Å². The monoisotopic (exact) mass is 321 g/mol. The van der Waals surface area contributed by atoms with E-state index in [1.807, 2.05) is 11.8 Å². The number of hydrogen-bond acceptors (Lipinski definition) is 4. The fraction of sp³-hybridized carbons (Fsp3) is 0.706. The summed E-state index contributed by atoms with van der Waals surface area (Å²) in [6, 6.07) is 1.87. The van der Waals surface area contributed by atoms with Crippen molar-refractivity contribution in [2.45, 2.75) is 65.5 Å². The van der Waals surface area contributed by atoms with Crippen molar-refractivity contribution in [2.75, 3.05) is 13.2 Å². The second-order valence-corrected chi connectivity index (χ2v) is 5.89. The van der Waals surface area contributed by atoms with Crippen LogP contribution >= 0.6 is 0 Å². The normalized spacial score (nSPS) is 18.0. The molecule has 1 aliphatic heterocycles. The standard InChI is InChI=1S/C17H27N3O3/c1-4-9-13-10-7-8-11-19(13)16(21)15-12-14(17(22)23-6-3)18-20(15)5-2/h12-13H,4-11H2,1-3H3/t13-/m1/s1. The Morgan fingerprint density at radius 1 is 1.30 bits per heavy atom. The molecule has 0 aliphatic carbocycles. The zero-order valence-electron chi connectivity index (χ0n) is 14.4. The molecular weight excluding hydrogens is 294 g/mol. The van der Waals surface area contributed by atoms with Gasteiger partial charge < -0.3 is 9.64 Å². The van der Waals surface area contributed by atoms with Gasteiger partial charge in [-0.2, -0.15) is 5.10 Å². The highest BCUT2D eigenvalue weighted by Crippen LogP contribution is 2.23. The molecule has 0 spiro atoms. The van der Waals surface area contributed by atoms with E-state index >= 15 is 0 Å². The van der Waals surface area contributed by atoms with Crippen LogP contribution in [0.25, 0.3) is 0 Å². The maximum Gasteiger partial charge on any atom is 0.358 e. The van der Waals surface area contributed by atoms with E-state index in [-0.39, 0.29) is 11.6 Å². The number of esters is 1. The zero-order chi connectivity index (χ0) is 16.8. The lowest BCUT2D eigenvalue weighted by Gasteiger charge is -2.35. The Kier molecular flexibility index (Phi) is 6.19. The van der Waals surface area contributed by atoms with E-state index in [2.05, 4.69) is 12.0 Å². The van der Waals surface area contributed by atoms with Crippen LogP contribution in [-0.4, -0.2) is 45.8 Å². The van der Waals surface area contributed by atoms with Crippen LogP contribution in [0.15, 0.2) is 6.07 Å². The van der Waals surface area contributed by atoms with E-state index in [1.165, 1.54) is 6.42 Å². The molecular formula is C17H27N3O3. The summed E-state index contributed by atoms with van der Waals surface area (Å²) in [5, 5.41) is 4.23. The fourth-order valence-corrected chi connectivity index (χ4v) is 3.18. The summed E-state index contributed by atoms with van der Waals surface area (Å²) in [6.45, 7) is 7.44. The molecule has 1 saturated heterocycles. The molecule has 1 aliphatic rings. The van der Waals surface area contributed by atoms with Gasteiger partial charge in [0.2, 0.25) is 0 Å². The molecule has 0 unspecified atom stereocenters. The quantitative estimate of drug-likeness (QED) is 0.756. The molecule has 0 bridgehead atoms. The summed E-state index contributed by atoms with van der Waals surface area (Å²) < 4.78 is 6.59. The lowest BCUT2D eigenvalue weighted by Crippen LogP contribution is -2.44. The van der Waals surface area contributed by atoms with E-state index in [4.69, 9.17) is 4.74 Å². The molecule has 6 heteroatoms. The highest BCUT2D eigenvalue weighted by atomic mass is 16.5. The number of carbonyl (C=O) groups excluding carboxylic acids is 2. The molecule has 1 aromatic rings. The van der Waals surface area contributed by atoms with Gasteiger partial charge in [-0.3, -0.25) is 9.48 Å². The van der Waals surface area contributed by atoms with Crippen LogP contribution in [0.5, 0.6) is 0 Å². The minimum absolute atomic E-state index is 0.0203. The summed E-state index contributed by atoms with van der Waals surface area (Å²) in [7, 11) is 0. The van der Waals surface area contributed by atoms with Crippen molar-refractivity contribution in [2.24, 2.45) is 0 Å². The van der Waals surface area contributed by atoms with Gasteiger partial charge in [0.05, 0.1) is 6.61 Å². The molecule has 128 valence electrons. The number of carbonyl (C=O) groups is 2. The average Bonchev–Trinajstić information content (AvgIpc) is 3.00. The Morgan fingerprint density at radius 2 is 2.09 bits per heavy atom. The van der Waals surface area contributed by atoms with Gasteiger partial charge in [0.15, 0.2) is 5.69 Å². The predicted molar refractivity (Wildman–Crippen MR) is 87.4 cm³/mol. The smallest absolute Gasteiger partial charge is 0.358 e. The van der Waals surface area contributed by atoms with E-state index in [1.54, 1.807) is 17.7 Å². The SMILES string of the molecule is CCC[C@@H]1CCCCN1C(=O)c1cc(C(=O)OCC)nn1CC. The van der Waals surface area contributed by atoms with Crippen LogP contribution in [0.2, 0.25) is 0 Å². The van der Waals surface area contributed by atoms with E-state index in [0.29, 0.717) is 24.9 Å². The average molecular weight is 321 g/mol. The van der Waals surface area contributed by atoms with Crippen molar-refractivity contribution >= 4 is 11.9 Å². The molecule has 1 amide bonds. The lowest BCUT2D eigenvalue weighted by atomic mass is 9.98. The number of aromatic nitrogens is 2. The van der Waals surface area contributed by atoms with Crippen LogP contribution in [0.4, 0.5) is 0 Å². The van der Waals surface area contributed by atoms with Crippen LogP contribution in [0.1, 0.15) is 73.9 Å². The second kappa shape index (κ2) is 8.13. The highest BCUT2D eigenvalue weighted by Gasteiger charge is 2.30. The maximum absolute atomic E-state index is 13.0. The van der Waals surface area contributed by atoms with Crippen LogP contribution in [0.3, 0.4) is 0 Å². The third-order valence-electron chi connectivity index (χ3n) is 4.29. The molecule has 23 heavy (non-hydrogen) atoms. The summed E-state index contributed by atoms with van der Waals surface area (Å²) >= 11 is 0. The van der Waals surface area contributed by atoms with Gasteiger partial charge in [-0.15, -0.1) is 0 Å². The molecule has 1 atom stereocenters. The number of ether oxygens (including phenoxy) is 1. The Labute approximate surface area is 137 Å². The topological polar surface area (TPSA) is 64.4 Å². The van der Waals surface area contributed by atoms with Crippen molar-refractivity contribution in [3.05, 3.63) is 17.5 Å². The maximum atomic E-state index is 13.0. The Balaban J connectivity index is 2.24.